The highest BCUT2D eigenvalue weighted by atomic mass is 15.0. The second-order valence-electron chi connectivity index (χ2n) is 7.32. The normalized spacial score (nSPS) is 20.4. The lowest BCUT2D eigenvalue weighted by molar-refractivity contribution is 0.411. The number of anilines is 1. The van der Waals surface area contributed by atoms with Crippen molar-refractivity contribution in [1.29, 1.82) is 0 Å². The zero-order valence-corrected chi connectivity index (χ0v) is 15.3. The van der Waals surface area contributed by atoms with Gasteiger partial charge in [-0.25, -0.2) is 4.98 Å². The lowest BCUT2D eigenvalue weighted by Gasteiger charge is -2.28. The summed E-state index contributed by atoms with van der Waals surface area (Å²) >= 11 is 0. The van der Waals surface area contributed by atoms with E-state index >= 15 is 0 Å². The van der Waals surface area contributed by atoms with Crippen LogP contribution in [0.4, 0.5) is 5.69 Å². The van der Waals surface area contributed by atoms with Gasteiger partial charge in [-0.1, -0.05) is 19.4 Å². The molecule has 0 atom stereocenters. The lowest BCUT2D eigenvalue weighted by atomic mass is 9.91. The topological polar surface area (TPSA) is 79.6 Å². The highest BCUT2D eigenvalue weighted by Crippen LogP contribution is 2.35. The van der Waals surface area contributed by atoms with E-state index in [1.165, 1.54) is 5.69 Å². The van der Waals surface area contributed by atoms with Crippen LogP contribution in [0, 0.1) is 0 Å². The highest BCUT2D eigenvalue weighted by Gasteiger charge is 2.21. The highest BCUT2D eigenvalue weighted by molar-refractivity contribution is 5.98. The molecule has 3 heterocycles. The van der Waals surface area contributed by atoms with Gasteiger partial charge < -0.3 is 16.0 Å². The minimum atomic E-state index is 0.351. The molecule has 1 saturated carbocycles. The summed E-state index contributed by atoms with van der Waals surface area (Å²) in [6, 6.07) is 9.06. The summed E-state index contributed by atoms with van der Waals surface area (Å²) in [5.74, 6) is 0. The Morgan fingerprint density at radius 3 is 2.77 bits per heavy atom. The second-order valence-corrected chi connectivity index (χ2v) is 7.32. The van der Waals surface area contributed by atoms with Gasteiger partial charge in [0.25, 0.3) is 0 Å². The van der Waals surface area contributed by atoms with E-state index in [0.29, 0.717) is 12.1 Å². The zero-order valence-electron chi connectivity index (χ0n) is 15.3. The van der Waals surface area contributed by atoms with E-state index in [9.17, 15) is 0 Å². The number of H-pyrrole nitrogens is 1. The van der Waals surface area contributed by atoms with Crippen LogP contribution in [0.2, 0.25) is 0 Å². The standard InChI is InChI=1S/C21H27N5/c1-2-5-16-12-17-20(25-15-9-7-14(22)8-10-15)18(13-24-21(17)26-16)19-6-3-4-11-23-19/h3-4,6,11-15H,2,5,7-10,22H2,1H3,(H2,24,25,26). The maximum Gasteiger partial charge on any atom is 0.139 e. The van der Waals surface area contributed by atoms with Crippen LogP contribution in [-0.4, -0.2) is 27.0 Å². The van der Waals surface area contributed by atoms with E-state index < -0.39 is 0 Å². The summed E-state index contributed by atoms with van der Waals surface area (Å²) in [5.41, 5.74) is 11.4. The summed E-state index contributed by atoms with van der Waals surface area (Å²) in [4.78, 5) is 12.7. The van der Waals surface area contributed by atoms with Crippen molar-refractivity contribution in [2.45, 2.75) is 57.5 Å². The third kappa shape index (κ3) is 3.44. The summed E-state index contributed by atoms with van der Waals surface area (Å²) in [7, 11) is 0. The number of nitrogens with one attached hydrogen (secondary N) is 2. The fraction of sp³-hybridized carbons (Fsp3) is 0.429. The van der Waals surface area contributed by atoms with Crippen LogP contribution in [0.1, 0.15) is 44.7 Å². The maximum atomic E-state index is 6.09. The Labute approximate surface area is 154 Å². The van der Waals surface area contributed by atoms with Crippen molar-refractivity contribution in [3.05, 3.63) is 42.4 Å². The number of aromatic nitrogens is 3. The van der Waals surface area contributed by atoms with E-state index in [-0.39, 0.29) is 0 Å². The third-order valence-electron chi connectivity index (χ3n) is 5.29. The first kappa shape index (κ1) is 17.0. The van der Waals surface area contributed by atoms with E-state index in [1.807, 2.05) is 30.6 Å². The monoisotopic (exact) mass is 349 g/mol. The molecule has 1 aliphatic rings. The summed E-state index contributed by atoms with van der Waals surface area (Å²) < 4.78 is 0. The molecule has 0 bridgehead atoms. The van der Waals surface area contributed by atoms with Crippen LogP contribution in [-0.2, 0) is 6.42 Å². The molecule has 4 N–H and O–H groups in total. The number of rotatable bonds is 5. The van der Waals surface area contributed by atoms with E-state index in [0.717, 1.165) is 66.5 Å². The minimum absolute atomic E-state index is 0.351. The molecule has 1 fully saturated rings. The number of pyridine rings is 2. The largest absolute Gasteiger partial charge is 0.381 e. The molecule has 136 valence electrons. The molecule has 0 aromatic carbocycles. The molecular formula is C21H27N5. The number of fused-ring (bicyclic) bond motifs is 1. The quantitative estimate of drug-likeness (QED) is 0.643. The number of aryl methyl sites for hydroxylation is 1. The number of aromatic amines is 1. The molecular weight excluding hydrogens is 322 g/mol. The first-order valence-corrected chi connectivity index (χ1v) is 9.68. The Balaban J connectivity index is 1.77. The molecule has 3 aromatic rings. The van der Waals surface area contributed by atoms with Crippen molar-refractivity contribution in [3.63, 3.8) is 0 Å². The SMILES string of the molecule is CCCc1cc2c(NC3CCC(N)CC3)c(-c3ccccn3)cnc2[nH]1. The molecule has 1 aliphatic carbocycles. The van der Waals surface area contributed by atoms with Gasteiger partial charge in [-0.15, -0.1) is 0 Å². The van der Waals surface area contributed by atoms with Crippen molar-refractivity contribution >= 4 is 16.7 Å². The molecule has 0 amide bonds. The lowest BCUT2D eigenvalue weighted by Crippen LogP contribution is -2.33. The van der Waals surface area contributed by atoms with Gasteiger partial charge in [0.1, 0.15) is 5.65 Å². The average Bonchev–Trinajstić information content (AvgIpc) is 3.08. The van der Waals surface area contributed by atoms with E-state index in [2.05, 4.69) is 33.3 Å². The molecule has 0 saturated heterocycles. The van der Waals surface area contributed by atoms with Gasteiger partial charge >= 0.3 is 0 Å². The molecule has 3 aromatic heterocycles. The van der Waals surface area contributed by atoms with Gasteiger partial charge in [0.05, 0.1) is 11.4 Å². The third-order valence-corrected chi connectivity index (χ3v) is 5.29. The fourth-order valence-corrected chi connectivity index (χ4v) is 3.87. The second kappa shape index (κ2) is 7.46. The summed E-state index contributed by atoms with van der Waals surface area (Å²) in [5, 5.41) is 4.97. The molecule has 0 aliphatic heterocycles. The van der Waals surface area contributed by atoms with Crippen LogP contribution < -0.4 is 11.1 Å². The number of hydrogen-bond donors (Lipinski definition) is 3. The van der Waals surface area contributed by atoms with Crippen molar-refractivity contribution in [2.24, 2.45) is 5.73 Å². The Bertz CT molecular complexity index is 863. The van der Waals surface area contributed by atoms with Gasteiger partial charge in [-0.3, -0.25) is 4.98 Å². The Kier molecular flexibility index (Phi) is 4.89. The van der Waals surface area contributed by atoms with Crippen molar-refractivity contribution in [3.8, 4) is 11.3 Å². The van der Waals surface area contributed by atoms with Crippen LogP contribution >= 0.6 is 0 Å². The zero-order chi connectivity index (χ0) is 17.9. The molecule has 5 heteroatoms. The number of hydrogen-bond acceptors (Lipinski definition) is 4. The molecule has 4 rings (SSSR count). The van der Waals surface area contributed by atoms with Gasteiger partial charge in [-0.05, 0) is 50.3 Å². The summed E-state index contributed by atoms with van der Waals surface area (Å²) in [6.45, 7) is 2.20. The van der Waals surface area contributed by atoms with E-state index in [4.69, 9.17) is 5.73 Å². The average molecular weight is 349 g/mol. The van der Waals surface area contributed by atoms with Crippen molar-refractivity contribution in [2.75, 3.05) is 5.32 Å². The first-order chi connectivity index (χ1) is 12.7. The van der Waals surface area contributed by atoms with Crippen LogP contribution in [0.3, 0.4) is 0 Å². The first-order valence-electron chi connectivity index (χ1n) is 9.68. The van der Waals surface area contributed by atoms with Crippen LogP contribution in [0.5, 0.6) is 0 Å². The number of nitrogens with two attached hydrogens (primary N) is 1. The van der Waals surface area contributed by atoms with Crippen LogP contribution in [0.15, 0.2) is 36.7 Å². The Morgan fingerprint density at radius 1 is 1.19 bits per heavy atom. The molecule has 0 spiro atoms. The van der Waals surface area contributed by atoms with Crippen molar-refractivity contribution in [1.82, 2.24) is 15.0 Å². The van der Waals surface area contributed by atoms with Gasteiger partial charge in [0.2, 0.25) is 0 Å². The van der Waals surface area contributed by atoms with Gasteiger partial charge in [0, 0.05) is 41.1 Å². The minimum Gasteiger partial charge on any atom is -0.381 e. The van der Waals surface area contributed by atoms with Crippen LogP contribution in [0.25, 0.3) is 22.3 Å². The number of nitrogens with zero attached hydrogens (tertiary/aromatic N) is 2. The van der Waals surface area contributed by atoms with Crippen molar-refractivity contribution < 1.29 is 0 Å². The predicted octanol–water partition coefficient (Wildman–Crippen LogP) is 4.26. The molecule has 0 radical (unpaired) electrons. The van der Waals surface area contributed by atoms with Gasteiger partial charge in [-0.2, -0.15) is 0 Å². The molecule has 0 unspecified atom stereocenters. The predicted molar refractivity (Wildman–Crippen MR) is 107 cm³/mol. The fourth-order valence-electron chi connectivity index (χ4n) is 3.87. The van der Waals surface area contributed by atoms with Gasteiger partial charge in [0.15, 0.2) is 0 Å². The summed E-state index contributed by atoms with van der Waals surface area (Å²) in [6.07, 6.45) is 10.3. The Morgan fingerprint density at radius 2 is 2.04 bits per heavy atom. The van der Waals surface area contributed by atoms with E-state index in [1.54, 1.807) is 0 Å². The molecule has 5 nitrogen and oxygen atoms in total. The molecule has 26 heavy (non-hydrogen) atoms. The maximum absolute atomic E-state index is 6.09. The smallest absolute Gasteiger partial charge is 0.139 e. The Hall–Kier alpha value is -2.40.